The molecule has 5 nitrogen and oxygen atoms in total. The van der Waals surface area contributed by atoms with Crippen LogP contribution in [0.15, 0.2) is 47.5 Å². The Morgan fingerprint density at radius 1 is 1.17 bits per heavy atom. The van der Waals surface area contributed by atoms with E-state index in [-0.39, 0.29) is 5.92 Å². The van der Waals surface area contributed by atoms with Crippen molar-refractivity contribution in [1.82, 2.24) is 8.87 Å². The second-order valence-electron chi connectivity index (χ2n) is 6.41. The average molecular weight is 348 g/mol. The van der Waals surface area contributed by atoms with Crippen LogP contribution in [-0.2, 0) is 27.8 Å². The molecule has 0 radical (unpaired) electrons. The van der Waals surface area contributed by atoms with Crippen LogP contribution in [0, 0.1) is 12.8 Å². The Morgan fingerprint density at radius 3 is 2.62 bits per heavy atom. The van der Waals surface area contributed by atoms with Crippen molar-refractivity contribution in [2.24, 2.45) is 5.92 Å². The predicted octanol–water partition coefficient (Wildman–Crippen LogP) is 2.65. The highest BCUT2D eigenvalue weighted by molar-refractivity contribution is 7.89. The Hall–Kier alpha value is -1.63. The smallest absolute Gasteiger partial charge is 0.243 e. The highest BCUT2D eigenvalue weighted by Crippen LogP contribution is 2.25. The van der Waals surface area contributed by atoms with Crippen LogP contribution in [-0.4, -0.2) is 37.6 Å². The number of ether oxygens (including phenoxy) is 1. The molecule has 130 valence electrons. The molecule has 1 unspecified atom stereocenters. The van der Waals surface area contributed by atoms with Crippen LogP contribution in [0.1, 0.15) is 17.7 Å². The summed E-state index contributed by atoms with van der Waals surface area (Å²) < 4.78 is 35.1. The fourth-order valence-electron chi connectivity index (χ4n) is 3.15. The zero-order valence-electron chi connectivity index (χ0n) is 14.2. The summed E-state index contributed by atoms with van der Waals surface area (Å²) in [6.45, 7) is 4.34. The van der Waals surface area contributed by atoms with Gasteiger partial charge in [0.1, 0.15) is 0 Å². The van der Waals surface area contributed by atoms with Crippen molar-refractivity contribution in [3.05, 3.63) is 53.9 Å². The summed E-state index contributed by atoms with van der Waals surface area (Å²) in [6, 6.07) is 11.0. The molecule has 2 heterocycles. The molecule has 0 aliphatic carbocycles. The quantitative estimate of drug-likeness (QED) is 0.835. The van der Waals surface area contributed by atoms with Crippen molar-refractivity contribution in [2.75, 3.05) is 20.3 Å². The second kappa shape index (κ2) is 7.09. The lowest BCUT2D eigenvalue weighted by molar-refractivity contribution is 0.167. The fraction of sp³-hybridized carbons (Fsp3) is 0.444. The molecule has 1 aliphatic rings. The average Bonchev–Trinajstić information content (AvgIpc) is 2.91. The van der Waals surface area contributed by atoms with Gasteiger partial charge in [-0.05, 0) is 43.5 Å². The summed E-state index contributed by atoms with van der Waals surface area (Å²) in [5.41, 5.74) is 2.09. The number of aromatic nitrogens is 1. The summed E-state index contributed by atoms with van der Waals surface area (Å²) in [7, 11) is -1.82. The van der Waals surface area contributed by atoms with Gasteiger partial charge in [0, 0.05) is 38.7 Å². The normalized spacial score (nSPS) is 19.0. The standard InChI is InChI=1S/C18H24N2O3S/c1-15-5-7-18(8-6-15)24(21,22)20-13-16(9-11-23-2)12-19-10-3-4-17(19)14-20/h3-8,10,16H,9,11-14H2,1-2H3. The highest BCUT2D eigenvalue weighted by Gasteiger charge is 2.30. The Bertz CT molecular complexity index is 781. The number of aryl methyl sites for hydroxylation is 1. The minimum Gasteiger partial charge on any atom is -0.385 e. The summed E-state index contributed by atoms with van der Waals surface area (Å²) >= 11 is 0. The Balaban J connectivity index is 1.91. The molecule has 3 rings (SSSR count). The Kier molecular flexibility index (Phi) is 5.08. The zero-order chi connectivity index (χ0) is 17.2. The Morgan fingerprint density at radius 2 is 1.92 bits per heavy atom. The maximum absolute atomic E-state index is 13.1. The second-order valence-corrected chi connectivity index (χ2v) is 8.35. The monoisotopic (exact) mass is 348 g/mol. The third-order valence-electron chi connectivity index (χ3n) is 4.57. The molecule has 0 N–H and O–H groups in total. The number of nitrogens with zero attached hydrogens (tertiary/aromatic N) is 2. The first kappa shape index (κ1) is 17.2. The fourth-order valence-corrected chi connectivity index (χ4v) is 4.64. The third-order valence-corrected chi connectivity index (χ3v) is 6.39. The van der Waals surface area contributed by atoms with Gasteiger partial charge in [0.15, 0.2) is 0 Å². The van der Waals surface area contributed by atoms with Crippen molar-refractivity contribution >= 4 is 10.0 Å². The Labute approximate surface area is 143 Å². The van der Waals surface area contributed by atoms with E-state index in [4.69, 9.17) is 4.74 Å². The van der Waals surface area contributed by atoms with Gasteiger partial charge in [-0.15, -0.1) is 0 Å². The summed E-state index contributed by atoms with van der Waals surface area (Å²) in [4.78, 5) is 0.360. The van der Waals surface area contributed by atoms with E-state index >= 15 is 0 Å². The predicted molar refractivity (Wildman–Crippen MR) is 93.2 cm³/mol. The molecule has 1 aromatic carbocycles. The molecule has 0 fully saturated rings. The van der Waals surface area contributed by atoms with Crippen LogP contribution in [0.4, 0.5) is 0 Å². The van der Waals surface area contributed by atoms with Crippen LogP contribution in [0.2, 0.25) is 0 Å². The number of rotatable bonds is 5. The maximum Gasteiger partial charge on any atom is 0.243 e. The minimum absolute atomic E-state index is 0.235. The van der Waals surface area contributed by atoms with E-state index in [1.54, 1.807) is 23.5 Å². The maximum atomic E-state index is 13.1. The van der Waals surface area contributed by atoms with Gasteiger partial charge in [0.25, 0.3) is 0 Å². The van der Waals surface area contributed by atoms with Crippen molar-refractivity contribution in [3.63, 3.8) is 0 Å². The van der Waals surface area contributed by atoms with Crippen LogP contribution in [0.3, 0.4) is 0 Å². The first-order chi connectivity index (χ1) is 11.5. The molecule has 1 aromatic heterocycles. The number of hydrogen-bond acceptors (Lipinski definition) is 3. The summed E-state index contributed by atoms with van der Waals surface area (Å²) in [6.07, 6.45) is 2.87. The van der Waals surface area contributed by atoms with E-state index in [0.717, 1.165) is 24.2 Å². The summed E-state index contributed by atoms with van der Waals surface area (Å²) in [5.74, 6) is 0.235. The number of benzene rings is 1. The van der Waals surface area contributed by atoms with Gasteiger partial charge in [-0.25, -0.2) is 8.42 Å². The van der Waals surface area contributed by atoms with Gasteiger partial charge in [0.05, 0.1) is 11.4 Å². The van der Waals surface area contributed by atoms with E-state index in [9.17, 15) is 8.42 Å². The highest BCUT2D eigenvalue weighted by atomic mass is 32.2. The van der Waals surface area contributed by atoms with Crippen molar-refractivity contribution in [1.29, 1.82) is 0 Å². The van der Waals surface area contributed by atoms with Gasteiger partial charge >= 0.3 is 0 Å². The van der Waals surface area contributed by atoms with E-state index in [0.29, 0.717) is 24.6 Å². The molecule has 2 aromatic rings. The van der Waals surface area contributed by atoms with Crippen LogP contribution >= 0.6 is 0 Å². The molecule has 0 spiro atoms. The molecule has 1 atom stereocenters. The van der Waals surface area contributed by atoms with E-state index < -0.39 is 10.0 Å². The van der Waals surface area contributed by atoms with Gasteiger partial charge in [-0.3, -0.25) is 0 Å². The molecule has 24 heavy (non-hydrogen) atoms. The first-order valence-electron chi connectivity index (χ1n) is 8.20. The van der Waals surface area contributed by atoms with Crippen LogP contribution < -0.4 is 0 Å². The topological polar surface area (TPSA) is 51.5 Å². The van der Waals surface area contributed by atoms with Gasteiger partial charge < -0.3 is 9.30 Å². The molecule has 0 bridgehead atoms. The van der Waals surface area contributed by atoms with Gasteiger partial charge in [-0.1, -0.05) is 17.7 Å². The zero-order valence-corrected chi connectivity index (χ0v) is 15.0. The lowest BCUT2D eigenvalue weighted by Gasteiger charge is -2.23. The van der Waals surface area contributed by atoms with E-state index in [1.807, 2.05) is 37.4 Å². The van der Waals surface area contributed by atoms with E-state index in [2.05, 4.69) is 4.57 Å². The molecular formula is C18H24N2O3S. The van der Waals surface area contributed by atoms with Crippen molar-refractivity contribution in [2.45, 2.75) is 31.3 Å². The SMILES string of the molecule is COCCC1CN(S(=O)(=O)c2ccc(C)cc2)Cc2cccn2C1. The number of methoxy groups -OCH3 is 1. The minimum atomic E-state index is -3.50. The third kappa shape index (κ3) is 3.55. The number of sulfonamides is 1. The lowest BCUT2D eigenvalue weighted by Crippen LogP contribution is -2.34. The first-order valence-corrected chi connectivity index (χ1v) is 9.64. The van der Waals surface area contributed by atoms with Crippen molar-refractivity contribution < 1.29 is 13.2 Å². The van der Waals surface area contributed by atoms with Crippen LogP contribution in [0.5, 0.6) is 0 Å². The number of hydrogen-bond donors (Lipinski definition) is 0. The van der Waals surface area contributed by atoms with Crippen LogP contribution in [0.25, 0.3) is 0 Å². The molecule has 6 heteroatoms. The largest absolute Gasteiger partial charge is 0.385 e. The van der Waals surface area contributed by atoms with E-state index in [1.165, 1.54) is 0 Å². The number of fused-ring (bicyclic) bond motifs is 1. The molecule has 0 saturated carbocycles. The molecule has 1 aliphatic heterocycles. The summed E-state index contributed by atoms with van der Waals surface area (Å²) in [5, 5.41) is 0. The van der Waals surface area contributed by atoms with Gasteiger partial charge in [-0.2, -0.15) is 4.31 Å². The molecular weight excluding hydrogens is 324 g/mol. The van der Waals surface area contributed by atoms with Crippen molar-refractivity contribution in [3.8, 4) is 0 Å². The van der Waals surface area contributed by atoms with Gasteiger partial charge in [0.2, 0.25) is 10.0 Å². The molecule has 0 saturated heterocycles. The molecule has 0 amide bonds. The lowest BCUT2D eigenvalue weighted by atomic mass is 10.1.